The summed E-state index contributed by atoms with van der Waals surface area (Å²) < 4.78 is 0. The summed E-state index contributed by atoms with van der Waals surface area (Å²) in [6, 6.07) is 8.01. The van der Waals surface area contributed by atoms with Crippen molar-refractivity contribution in [2.24, 2.45) is 17.3 Å². The second-order valence-corrected chi connectivity index (χ2v) is 7.71. The van der Waals surface area contributed by atoms with Gasteiger partial charge in [0.05, 0.1) is 12.0 Å². The molecule has 2 rings (SSSR count). The molecule has 126 valence electrons. The molecule has 1 unspecified atom stereocenters. The Morgan fingerprint density at radius 3 is 2.30 bits per heavy atom. The molecule has 1 aliphatic carbocycles. The van der Waals surface area contributed by atoms with Crippen LogP contribution in [0.15, 0.2) is 24.3 Å². The van der Waals surface area contributed by atoms with E-state index in [9.17, 15) is 9.59 Å². The molecule has 0 bridgehead atoms. The highest BCUT2D eigenvalue weighted by Crippen LogP contribution is 2.36. The first-order valence-electron chi connectivity index (χ1n) is 8.29. The molecule has 0 aromatic heterocycles. The molecule has 0 saturated heterocycles. The highest BCUT2D eigenvalue weighted by Gasteiger charge is 2.36. The number of rotatable bonds is 4. The van der Waals surface area contributed by atoms with Gasteiger partial charge in [-0.15, -0.1) is 0 Å². The maximum atomic E-state index is 12.7. The Balaban J connectivity index is 2.15. The van der Waals surface area contributed by atoms with Crippen LogP contribution >= 0.6 is 0 Å². The van der Waals surface area contributed by atoms with Gasteiger partial charge in [-0.3, -0.25) is 9.59 Å². The lowest BCUT2D eigenvalue weighted by molar-refractivity contribution is -0.141. The number of hydrogen-bond acceptors (Lipinski definition) is 2. The molecule has 1 saturated carbocycles. The number of carboxylic acids is 1. The summed E-state index contributed by atoms with van der Waals surface area (Å²) in [6.45, 7) is 8.38. The van der Waals surface area contributed by atoms with Crippen LogP contribution in [0.5, 0.6) is 0 Å². The van der Waals surface area contributed by atoms with Crippen molar-refractivity contribution in [2.45, 2.75) is 53.0 Å². The van der Waals surface area contributed by atoms with Crippen LogP contribution in [-0.2, 0) is 9.59 Å². The van der Waals surface area contributed by atoms with E-state index in [-0.39, 0.29) is 29.2 Å². The van der Waals surface area contributed by atoms with Gasteiger partial charge in [0.1, 0.15) is 0 Å². The molecule has 0 heterocycles. The van der Waals surface area contributed by atoms with Crippen molar-refractivity contribution in [3.63, 3.8) is 0 Å². The maximum Gasteiger partial charge on any atom is 0.306 e. The van der Waals surface area contributed by atoms with Crippen molar-refractivity contribution >= 4 is 11.9 Å². The maximum absolute atomic E-state index is 12.7. The third kappa shape index (κ3) is 4.12. The van der Waals surface area contributed by atoms with Crippen LogP contribution in [0.4, 0.5) is 0 Å². The Kier molecular flexibility index (Phi) is 5.12. The van der Waals surface area contributed by atoms with Crippen LogP contribution in [0.2, 0.25) is 0 Å². The lowest BCUT2D eigenvalue weighted by Gasteiger charge is -2.34. The number of hydrogen-bond donors (Lipinski definition) is 2. The van der Waals surface area contributed by atoms with Crippen molar-refractivity contribution in [1.82, 2.24) is 5.32 Å². The van der Waals surface area contributed by atoms with Gasteiger partial charge in [0.2, 0.25) is 5.91 Å². The number of amides is 1. The fourth-order valence-electron chi connectivity index (χ4n) is 3.38. The van der Waals surface area contributed by atoms with E-state index in [1.54, 1.807) is 0 Å². The van der Waals surface area contributed by atoms with Crippen molar-refractivity contribution in [2.75, 3.05) is 0 Å². The molecule has 1 fully saturated rings. The Morgan fingerprint density at radius 2 is 1.78 bits per heavy atom. The van der Waals surface area contributed by atoms with E-state index in [2.05, 4.69) is 45.1 Å². The van der Waals surface area contributed by atoms with Gasteiger partial charge in [-0.05, 0) is 42.7 Å². The normalized spacial score (nSPS) is 22.6. The number of benzene rings is 1. The number of aryl methyl sites for hydroxylation is 1. The fourth-order valence-corrected chi connectivity index (χ4v) is 3.38. The lowest BCUT2D eigenvalue weighted by Crippen LogP contribution is -2.39. The summed E-state index contributed by atoms with van der Waals surface area (Å²) in [5, 5.41) is 12.3. The van der Waals surface area contributed by atoms with Gasteiger partial charge in [-0.2, -0.15) is 0 Å². The quantitative estimate of drug-likeness (QED) is 0.890. The van der Waals surface area contributed by atoms with Crippen LogP contribution in [0.1, 0.15) is 57.2 Å². The van der Waals surface area contributed by atoms with E-state index in [1.165, 1.54) is 0 Å². The predicted octanol–water partition coefficient (Wildman–Crippen LogP) is 3.70. The van der Waals surface area contributed by atoms with Crippen LogP contribution in [0.25, 0.3) is 0 Å². The molecule has 2 N–H and O–H groups in total. The third-order valence-corrected chi connectivity index (χ3v) is 4.80. The SMILES string of the molecule is Cc1ccccc1C(NC(=O)[C@@H]1CC[C@H](C(=O)O)C1)C(C)(C)C. The molecule has 1 amide bonds. The van der Waals surface area contributed by atoms with E-state index < -0.39 is 5.97 Å². The molecule has 0 radical (unpaired) electrons. The highest BCUT2D eigenvalue weighted by atomic mass is 16.4. The van der Waals surface area contributed by atoms with Crippen molar-refractivity contribution in [1.29, 1.82) is 0 Å². The molecule has 4 nitrogen and oxygen atoms in total. The third-order valence-electron chi connectivity index (χ3n) is 4.80. The Hall–Kier alpha value is -1.84. The van der Waals surface area contributed by atoms with E-state index >= 15 is 0 Å². The predicted molar refractivity (Wildman–Crippen MR) is 90.0 cm³/mol. The van der Waals surface area contributed by atoms with E-state index in [1.807, 2.05) is 12.1 Å². The molecular weight excluding hydrogens is 290 g/mol. The monoisotopic (exact) mass is 317 g/mol. The minimum absolute atomic E-state index is 0.0167. The number of carbonyl (C=O) groups is 2. The highest BCUT2D eigenvalue weighted by molar-refractivity contribution is 5.81. The first-order valence-corrected chi connectivity index (χ1v) is 8.29. The summed E-state index contributed by atoms with van der Waals surface area (Å²) in [5.41, 5.74) is 2.16. The van der Waals surface area contributed by atoms with Crippen LogP contribution in [0.3, 0.4) is 0 Å². The first-order chi connectivity index (χ1) is 10.7. The number of carbonyl (C=O) groups excluding carboxylic acids is 1. The zero-order chi connectivity index (χ0) is 17.2. The van der Waals surface area contributed by atoms with Crippen molar-refractivity contribution < 1.29 is 14.7 Å². The molecule has 0 aliphatic heterocycles. The molecule has 1 aliphatic rings. The van der Waals surface area contributed by atoms with E-state index in [0.29, 0.717) is 19.3 Å². The second-order valence-electron chi connectivity index (χ2n) is 7.71. The summed E-state index contributed by atoms with van der Waals surface area (Å²) in [5.74, 6) is -1.37. The Bertz CT molecular complexity index is 589. The summed E-state index contributed by atoms with van der Waals surface area (Å²) in [7, 11) is 0. The average Bonchev–Trinajstić information content (AvgIpc) is 2.94. The van der Waals surface area contributed by atoms with Gasteiger partial charge < -0.3 is 10.4 Å². The van der Waals surface area contributed by atoms with E-state index in [4.69, 9.17) is 5.11 Å². The van der Waals surface area contributed by atoms with Crippen molar-refractivity contribution in [3.8, 4) is 0 Å². The standard InChI is InChI=1S/C19H27NO3/c1-12-7-5-6-8-15(12)16(19(2,3)4)20-17(21)13-9-10-14(11-13)18(22)23/h5-8,13-14,16H,9-11H2,1-4H3,(H,20,21)(H,22,23)/t13-,14+,16?/m1/s1. The van der Waals surface area contributed by atoms with Gasteiger partial charge in [0.15, 0.2) is 0 Å². The molecule has 4 heteroatoms. The number of carboxylic acid groups (broad SMARTS) is 1. The molecular formula is C19H27NO3. The molecule has 1 aromatic carbocycles. The van der Waals surface area contributed by atoms with Gasteiger partial charge in [0, 0.05) is 5.92 Å². The second kappa shape index (κ2) is 6.73. The number of aliphatic carboxylic acids is 1. The largest absolute Gasteiger partial charge is 0.481 e. The average molecular weight is 317 g/mol. The summed E-state index contributed by atoms with van der Waals surface area (Å²) in [6.07, 6.45) is 1.71. The minimum Gasteiger partial charge on any atom is -0.481 e. The smallest absolute Gasteiger partial charge is 0.306 e. The summed E-state index contributed by atoms with van der Waals surface area (Å²) >= 11 is 0. The topological polar surface area (TPSA) is 66.4 Å². The van der Waals surface area contributed by atoms with Gasteiger partial charge in [-0.1, -0.05) is 45.0 Å². The van der Waals surface area contributed by atoms with Crippen LogP contribution in [-0.4, -0.2) is 17.0 Å². The molecule has 3 atom stereocenters. The molecule has 1 aromatic rings. The first kappa shape index (κ1) is 17.5. The lowest BCUT2D eigenvalue weighted by atomic mass is 9.80. The number of nitrogens with one attached hydrogen (secondary N) is 1. The van der Waals surface area contributed by atoms with Crippen molar-refractivity contribution in [3.05, 3.63) is 35.4 Å². The zero-order valence-electron chi connectivity index (χ0n) is 14.4. The Morgan fingerprint density at radius 1 is 1.17 bits per heavy atom. The van der Waals surface area contributed by atoms with Gasteiger partial charge in [-0.25, -0.2) is 0 Å². The van der Waals surface area contributed by atoms with E-state index in [0.717, 1.165) is 11.1 Å². The zero-order valence-corrected chi connectivity index (χ0v) is 14.4. The van der Waals surface area contributed by atoms with Crippen LogP contribution < -0.4 is 5.32 Å². The Labute approximate surface area is 138 Å². The summed E-state index contributed by atoms with van der Waals surface area (Å²) in [4.78, 5) is 23.7. The van der Waals surface area contributed by atoms with Crippen LogP contribution in [0, 0.1) is 24.2 Å². The molecule has 0 spiro atoms. The minimum atomic E-state index is -0.786. The fraction of sp³-hybridized carbons (Fsp3) is 0.579. The van der Waals surface area contributed by atoms with Gasteiger partial charge in [0.25, 0.3) is 0 Å². The molecule has 23 heavy (non-hydrogen) atoms. The van der Waals surface area contributed by atoms with Gasteiger partial charge >= 0.3 is 5.97 Å².